The van der Waals surface area contributed by atoms with Crippen LogP contribution >= 0.6 is 0 Å². The minimum absolute atomic E-state index is 0.0446. The van der Waals surface area contributed by atoms with Gasteiger partial charge in [-0.25, -0.2) is 8.42 Å². The van der Waals surface area contributed by atoms with Gasteiger partial charge >= 0.3 is 0 Å². The van der Waals surface area contributed by atoms with Gasteiger partial charge in [-0.05, 0) is 43.9 Å². The van der Waals surface area contributed by atoms with Gasteiger partial charge in [0, 0.05) is 12.5 Å². The molecule has 1 heterocycles. The summed E-state index contributed by atoms with van der Waals surface area (Å²) in [4.78, 5) is 12.8. The van der Waals surface area contributed by atoms with E-state index in [0.29, 0.717) is 18.1 Å². The molecule has 1 aromatic carbocycles. The van der Waals surface area contributed by atoms with Crippen LogP contribution in [0.4, 0.5) is 0 Å². The second kappa shape index (κ2) is 5.89. The summed E-state index contributed by atoms with van der Waals surface area (Å²) < 4.78 is 36.2. The molecule has 3 fully saturated rings. The average Bonchev–Trinajstić information content (AvgIpc) is 3.46. The van der Waals surface area contributed by atoms with E-state index in [-0.39, 0.29) is 29.2 Å². The van der Waals surface area contributed by atoms with E-state index in [2.05, 4.69) is 0 Å². The number of carbonyl (C=O) groups excluding carboxylic acids is 1. The molecular weight excluding hydrogens is 340 g/mol. The third-order valence-corrected chi connectivity index (χ3v) is 8.22. The number of rotatable bonds is 6. The Labute approximate surface area is 148 Å². The first-order chi connectivity index (χ1) is 11.9. The van der Waals surface area contributed by atoms with E-state index in [1.54, 1.807) is 31.2 Å². The maximum absolute atomic E-state index is 12.5. The molecule has 0 amide bonds. The van der Waals surface area contributed by atoms with Crippen molar-refractivity contribution in [3.8, 4) is 0 Å². The van der Waals surface area contributed by atoms with Gasteiger partial charge in [-0.2, -0.15) is 0 Å². The standard InChI is InChI=1S/C19H24O5S/c1-12-18(24-15-9-10-23-11-15)19(12,13(2)20)14-3-5-16(6-4-14)25(21,22)17-7-8-17/h3-6,12,15,17-18H,7-11H2,1-2H3/t12?,15-,18?,19?/m1/s1. The lowest BCUT2D eigenvalue weighted by atomic mass is 9.89. The van der Waals surface area contributed by atoms with E-state index in [0.717, 1.165) is 24.8 Å². The van der Waals surface area contributed by atoms with E-state index in [1.165, 1.54) is 0 Å². The van der Waals surface area contributed by atoms with E-state index in [4.69, 9.17) is 9.47 Å². The Bertz CT molecular complexity index is 775. The van der Waals surface area contributed by atoms with E-state index in [9.17, 15) is 13.2 Å². The van der Waals surface area contributed by atoms with E-state index >= 15 is 0 Å². The van der Waals surface area contributed by atoms with Gasteiger partial charge in [0.2, 0.25) is 0 Å². The van der Waals surface area contributed by atoms with Gasteiger partial charge in [-0.1, -0.05) is 19.1 Å². The molecule has 1 aliphatic heterocycles. The third-order valence-electron chi connectivity index (χ3n) is 5.95. The quantitative estimate of drug-likeness (QED) is 0.774. The molecule has 0 spiro atoms. The van der Waals surface area contributed by atoms with Crippen LogP contribution in [0.1, 0.15) is 38.7 Å². The summed E-state index contributed by atoms with van der Waals surface area (Å²) in [6.07, 6.45) is 2.23. The number of ether oxygens (including phenoxy) is 2. The molecule has 1 saturated heterocycles. The average molecular weight is 364 g/mol. The Hall–Kier alpha value is -1.24. The lowest BCUT2D eigenvalue weighted by Crippen LogP contribution is -2.27. The number of hydrogen-bond acceptors (Lipinski definition) is 5. The Balaban J connectivity index is 1.60. The van der Waals surface area contributed by atoms with Crippen molar-refractivity contribution in [1.29, 1.82) is 0 Å². The first kappa shape index (κ1) is 17.2. The maximum Gasteiger partial charge on any atom is 0.181 e. The zero-order valence-corrected chi connectivity index (χ0v) is 15.4. The Morgan fingerprint density at radius 1 is 1.20 bits per heavy atom. The first-order valence-electron chi connectivity index (χ1n) is 8.97. The van der Waals surface area contributed by atoms with Crippen LogP contribution in [0.25, 0.3) is 0 Å². The summed E-state index contributed by atoms with van der Waals surface area (Å²) in [5.41, 5.74) is 0.191. The van der Waals surface area contributed by atoms with Gasteiger partial charge in [0.1, 0.15) is 5.78 Å². The Morgan fingerprint density at radius 3 is 2.40 bits per heavy atom. The van der Waals surface area contributed by atoms with Gasteiger partial charge in [0.05, 0.1) is 34.4 Å². The van der Waals surface area contributed by atoms with Crippen LogP contribution < -0.4 is 0 Å². The molecule has 3 unspecified atom stereocenters. The first-order valence-corrected chi connectivity index (χ1v) is 10.5. The van der Waals surface area contributed by atoms with Crippen LogP contribution in [0.3, 0.4) is 0 Å². The normalized spacial score (nSPS) is 34.9. The molecular formula is C19H24O5S. The number of ketones is 1. The molecule has 0 N–H and O–H groups in total. The molecule has 2 saturated carbocycles. The van der Waals surface area contributed by atoms with Gasteiger partial charge in [-0.3, -0.25) is 4.79 Å². The Morgan fingerprint density at radius 2 is 1.88 bits per heavy atom. The van der Waals surface area contributed by atoms with Crippen LogP contribution in [0, 0.1) is 5.92 Å². The molecule has 4 atom stereocenters. The smallest absolute Gasteiger partial charge is 0.181 e. The lowest BCUT2D eigenvalue weighted by Gasteiger charge is -2.17. The van der Waals surface area contributed by atoms with Gasteiger partial charge in [-0.15, -0.1) is 0 Å². The predicted molar refractivity (Wildman–Crippen MR) is 92.3 cm³/mol. The summed E-state index contributed by atoms with van der Waals surface area (Å²) in [5.74, 6) is 0.151. The Kier molecular flexibility index (Phi) is 4.05. The van der Waals surface area contributed by atoms with Crippen molar-refractivity contribution < 1.29 is 22.7 Å². The van der Waals surface area contributed by atoms with Crippen molar-refractivity contribution in [2.75, 3.05) is 13.2 Å². The topological polar surface area (TPSA) is 69.7 Å². The minimum Gasteiger partial charge on any atom is -0.379 e. The van der Waals surface area contributed by atoms with Crippen molar-refractivity contribution in [2.24, 2.45) is 5.92 Å². The summed E-state index contributed by atoms with van der Waals surface area (Å²) in [7, 11) is -3.21. The lowest BCUT2D eigenvalue weighted by molar-refractivity contribution is -0.121. The number of benzene rings is 1. The van der Waals surface area contributed by atoms with E-state index < -0.39 is 15.3 Å². The molecule has 0 bridgehead atoms. The molecule has 5 nitrogen and oxygen atoms in total. The molecule has 1 aromatic rings. The number of hydrogen-bond donors (Lipinski definition) is 0. The molecule has 6 heteroatoms. The number of sulfone groups is 1. The highest BCUT2D eigenvalue weighted by molar-refractivity contribution is 7.92. The van der Waals surface area contributed by atoms with Crippen LogP contribution in [-0.2, 0) is 29.5 Å². The van der Waals surface area contributed by atoms with Crippen molar-refractivity contribution in [1.82, 2.24) is 0 Å². The fraction of sp³-hybridized carbons (Fsp3) is 0.632. The number of Topliss-reactive ketones (excluding diaryl/α,β-unsaturated/α-hetero) is 1. The summed E-state index contributed by atoms with van der Waals surface area (Å²) in [5, 5.41) is -0.224. The zero-order chi connectivity index (χ0) is 17.8. The summed E-state index contributed by atoms with van der Waals surface area (Å²) in [6, 6.07) is 6.88. The predicted octanol–water partition coefficient (Wildman–Crippen LogP) is 2.27. The van der Waals surface area contributed by atoms with Crippen LogP contribution in [0.5, 0.6) is 0 Å². The monoisotopic (exact) mass is 364 g/mol. The fourth-order valence-corrected chi connectivity index (χ4v) is 5.87. The van der Waals surface area contributed by atoms with Gasteiger partial charge < -0.3 is 9.47 Å². The van der Waals surface area contributed by atoms with Crippen LogP contribution in [-0.4, -0.2) is 44.9 Å². The molecule has 0 radical (unpaired) electrons. The fourth-order valence-electron chi connectivity index (χ4n) is 4.22. The van der Waals surface area contributed by atoms with Crippen LogP contribution in [0.15, 0.2) is 29.2 Å². The molecule has 2 aliphatic carbocycles. The second-order valence-corrected chi connectivity index (χ2v) is 9.75. The molecule has 0 aromatic heterocycles. The highest BCUT2D eigenvalue weighted by atomic mass is 32.2. The highest BCUT2D eigenvalue weighted by Gasteiger charge is 2.68. The largest absolute Gasteiger partial charge is 0.379 e. The second-order valence-electron chi connectivity index (χ2n) is 7.52. The van der Waals surface area contributed by atoms with E-state index in [1.807, 2.05) is 6.92 Å². The van der Waals surface area contributed by atoms with Gasteiger partial charge in [0.15, 0.2) is 9.84 Å². The third kappa shape index (κ3) is 2.66. The maximum atomic E-state index is 12.5. The van der Waals surface area contributed by atoms with Crippen molar-refractivity contribution in [2.45, 2.75) is 60.9 Å². The highest BCUT2D eigenvalue weighted by Crippen LogP contribution is 2.57. The summed E-state index contributed by atoms with van der Waals surface area (Å²) in [6.45, 7) is 4.90. The molecule has 25 heavy (non-hydrogen) atoms. The number of carbonyl (C=O) groups is 1. The minimum atomic E-state index is -3.21. The molecule has 3 aliphatic rings. The molecule has 136 valence electrons. The molecule has 4 rings (SSSR count). The zero-order valence-electron chi connectivity index (χ0n) is 14.6. The SMILES string of the molecule is CC(=O)C1(c2ccc(S(=O)(=O)C3CC3)cc2)C(C)C1O[C@@H]1CCOC1. The summed E-state index contributed by atoms with van der Waals surface area (Å²) >= 11 is 0. The van der Waals surface area contributed by atoms with Crippen molar-refractivity contribution in [3.05, 3.63) is 29.8 Å². The van der Waals surface area contributed by atoms with Gasteiger partial charge in [0.25, 0.3) is 0 Å². The van der Waals surface area contributed by atoms with Crippen molar-refractivity contribution >= 4 is 15.6 Å². The van der Waals surface area contributed by atoms with Crippen LogP contribution in [0.2, 0.25) is 0 Å². The van der Waals surface area contributed by atoms with Crippen molar-refractivity contribution in [3.63, 3.8) is 0 Å².